The quantitative estimate of drug-likeness (QED) is 0.505. The highest BCUT2D eigenvalue weighted by Crippen LogP contribution is 2.27. The van der Waals surface area contributed by atoms with E-state index in [0.717, 1.165) is 12.1 Å². The van der Waals surface area contributed by atoms with Gasteiger partial charge < -0.3 is 0 Å². The van der Waals surface area contributed by atoms with Crippen LogP contribution in [0, 0.1) is 17.5 Å². The molecule has 0 aliphatic rings. The zero-order valence-corrected chi connectivity index (χ0v) is 11.3. The van der Waals surface area contributed by atoms with Crippen LogP contribution in [0.1, 0.15) is 11.6 Å². The molecule has 0 bridgehead atoms. The molecule has 0 aliphatic carbocycles. The molecule has 0 saturated heterocycles. The van der Waals surface area contributed by atoms with E-state index in [-0.39, 0.29) is 11.4 Å². The van der Waals surface area contributed by atoms with Gasteiger partial charge in [0.15, 0.2) is 0 Å². The first-order valence-corrected chi connectivity index (χ1v) is 6.89. The first-order chi connectivity index (χ1) is 9.61. The molecule has 20 heavy (non-hydrogen) atoms. The van der Waals surface area contributed by atoms with Gasteiger partial charge in [0.2, 0.25) is 0 Å². The van der Waals surface area contributed by atoms with E-state index in [1.54, 1.807) is 18.2 Å². The summed E-state index contributed by atoms with van der Waals surface area (Å²) in [6.07, 6.45) is 0. The highest BCUT2D eigenvalue weighted by molar-refractivity contribution is 7.99. The van der Waals surface area contributed by atoms with Gasteiger partial charge in [-0.2, -0.15) is 0 Å². The van der Waals surface area contributed by atoms with Gasteiger partial charge in [-0.3, -0.25) is 11.3 Å². The van der Waals surface area contributed by atoms with Crippen molar-refractivity contribution in [3.05, 3.63) is 65.5 Å². The van der Waals surface area contributed by atoms with Crippen LogP contribution in [0.25, 0.3) is 0 Å². The fourth-order valence-corrected chi connectivity index (χ4v) is 2.75. The Hall–Kier alpha value is -1.50. The molecule has 0 spiro atoms. The van der Waals surface area contributed by atoms with Gasteiger partial charge in [0.1, 0.15) is 17.5 Å². The van der Waals surface area contributed by atoms with Gasteiger partial charge in [0.25, 0.3) is 0 Å². The molecule has 0 radical (unpaired) electrons. The minimum Gasteiger partial charge on any atom is -0.271 e. The van der Waals surface area contributed by atoms with Crippen molar-refractivity contribution in [1.29, 1.82) is 0 Å². The molecule has 2 aromatic carbocycles. The second-order valence-electron chi connectivity index (χ2n) is 4.13. The van der Waals surface area contributed by atoms with E-state index in [2.05, 4.69) is 5.43 Å². The predicted molar refractivity (Wildman–Crippen MR) is 73.5 cm³/mol. The summed E-state index contributed by atoms with van der Waals surface area (Å²) in [6.45, 7) is 0. The summed E-state index contributed by atoms with van der Waals surface area (Å²) in [6, 6.07) is 9.05. The highest BCUT2D eigenvalue weighted by Gasteiger charge is 2.16. The Labute approximate surface area is 119 Å². The number of rotatable bonds is 5. The zero-order chi connectivity index (χ0) is 14.5. The van der Waals surface area contributed by atoms with E-state index in [1.807, 2.05) is 0 Å². The average Bonchev–Trinajstić information content (AvgIpc) is 2.43. The van der Waals surface area contributed by atoms with Crippen molar-refractivity contribution in [2.75, 3.05) is 5.75 Å². The third-order valence-corrected chi connectivity index (χ3v) is 3.92. The van der Waals surface area contributed by atoms with Crippen LogP contribution in [0.2, 0.25) is 0 Å². The number of thioether (sulfide) groups is 1. The summed E-state index contributed by atoms with van der Waals surface area (Å²) in [5, 5.41) is 0. The monoisotopic (exact) mass is 298 g/mol. The van der Waals surface area contributed by atoms with E-state index in [1.165, 1.54) is 23.9 Å². The van der Waals surface area contributed by atoms with Crippen molar-refractivity contribution in [3.63, 3.8) is 0 Å². The Morgan fingerprint density at radius 1 is 1.05 bits per heavy atom. The van der Waals surface area contributed by atoms with Crippen LogP contribution in [0.4, 0.5) is 13.2 Å². The summed E-state index contributed by atoms with van der Waals surface area (Å²) >= 11 is 1.21. The molecule has 0 aromatic heterocycles. The van der Waals surface area contributed by atoms with E-state index in [0.29, 0.717) is 10.6 Å². The van der Waals surface area contributed by atoms with Crippen molar-refractivity contribution in [2.24, 2.45) is 5.84 Å². The smallest absolute Gasteiger partial charge is 0.136 e. The normalized spacial score (nSPS) is 12.4. The van der Waals surface area contributed by atoms with E-state index in [9.17, 15) is 13.2 Å². The molecule has 0 fully saturated rings. The molecule has 1 atom stereocenters. The van der Waals surface area contributed by atoms with Gasteiger partial charge in [0.05, 0.1) is 6.04 Å². The number of hydrogen-bond donors (Lipinski definition) is 2. The summed E-state index contributed by atoms with van der Waals surface area (Å²) in [4.78, 5) is 0.454. The molecule has 2 rings (SSSR count). The Morgan fingerprint density at radius 3 is 2.45 bits per heavy atom. The van der Waals surface area contributed by atoms with Gasteiger partial charge >= 0.3 is 0 Å². The number of nitrogens with two attached hydrogens (primary N) is 1. The lowest BCUT2D eigenvalue weighted by atomic mass is 10.1. The third kappa shape index (κ3) is 3.53. The minimum absolute atomic E-state index is 0.248. The first kappa shape index (κ1) is 14.9. The van der Waals surface area contributed by atoms with Crippen LogP contribution in [0.5, 0.6) is 0 Å². The SMILES string of the molecule is NNC(CSc1ccccc1F)c1ccc(F)cc1F. The standard InChI is InChI=1S/C14H13F3N2S/c15-9-5-6-10(12(17)7-9)13(19-18)8-20-14-4-2-1-3-11(14)16/h1-7,13,19H,8,18H2. The molecule has 106 valence electrons. The van der Waals surface area contributed by atoms with Crippen LogP contribution in [-0.2, 0) is 0 Å². The van der Waals surface area contributed by atoms with Crippen molar-refractivity contribution in [2.45, 2.75) is 10.9 Å². The number of benzene rings is 2. The van der Waals surface area contributed by atoms with Gasteiger partial charge in [-0.25, -0.2) is 13.2 Å². The number of hydrazine groups is 1. The summed E-state index contributed by atoms with van der Waals surface area (Å²) in [7, 11) is 0. The maximum absolute atomic E-state index is 13.7. The molecule has 0 amide bonds. The Bertz CT molecular complexity index is 592. The van der Waals surface area contributed by atoms with Crippen LogP contribution in [0.3, 0.4) is 0 Å². The average molecular weight is 298 g/mol. The third-order valence-electron chi connectivity index (χ3n) is 2.78. The maximum atomic E-state index is 13.7. The topological polar surface area (TPSA) is 38.0 Å². The van der Waals surface area contributed by atoms with Crippen molar-refractivity contribution >= 4 is 11.8 Å². The Balaban J connectivity index is 2.11. The Morgan fingerprint density at radius 2 is 1.80 bits per heavy atom. The van der Waals surface area contributed by atoms with Gasteiger partial charge in [-0.05, 0) is 18.2 Å². The molecule has 1 unspecified atom stereocenters. The van der Waals surface area contributed by atoms with Gasteiger partial charge in [-0.15, -0.1) is 11.8 Å². The molecule has 2 aromatic rings. The van der Waals surface area contributed by atoms with Crippen molar-refractivity contribution in [3.8, 4) is 0 Å². The van der Waals surface area contributed by atoms with E-state index >= 15 is 0 Å². The molecule has 2 nitrogen and oxygen atoms in total. The molecular weight excluding hydrogens is 285 g/mol. The van der Waals surface area contributed by atoms with Crippen LogP contribution >= 0.6 is 11.8 Å². The van der Waals surface area contributed by atoms with Crippen molar-refractivity contribution in [1.82, 2.24) is 5.43 Å². The molecule has 0 heterocycles. The first-order valence-electron chi connectivity index (χ1n) is 5.90. The predicted octanol–water partition coefficient (Wildman–Crippen LogP) is 3.40. The second kappa shape index (κ2) is 6.78. The summed E-state index contributed by atoms with van der Waals surface area (Å²) < 4.78 is 40.0. The fourth-order valence-electron chi connectivity index (χ4n) is 1.75. The summed E-state index contributed by atoms with van der Waals surface area (Å²) in [5.74, 6) is 4.05. The van der Waals surface area contributed by atoms with Crippen LogP contribution in [-0.4, -0.2) is 5.75 Å². The number of nitrogens with one attached hydrogen (secondary N) is 1. The van der Waals surface area contributed by atoms with Gasteiger partial charge in [0, 0.05) is 22.3 Å². The molecule has 6 heteroatoms. The lowest BCUT2D eigenvalue weighted by Gasteiger charge is -2.16. The number of halogens is 3. The van der Waals surface area contributed by atoms with Crippen LogP contribution in [0.15, 0.2) is 47.4 Å². The summed E-state index contributed by atoms with van der Waals surface area (Å²) in [5.41, 5.74) is 2.71. The maximum Gasteiger partial charge on any atom is 0.136 e. The highest BCUT2D eigenvalue weighted by atomic mass is 32.2. The minimum atomic E-state index is -0.679. The van der Waals surface area contributed by atoms with Crippen LogP contribution < -0.4 is 11.3 Å². The van der Waals surface area contributed by atoms with Gasteiger partial charge in [-0.1, -0.05) is 18.2 Å². The molecular formula is C14H13F3N2S. The number of hydrogen-bond acceptors (Lipinski definition) is 3. The van der Waals surface area contributed by atoms with E-state index < -0.39 is 17.7 Å². The zero-order valence-electron chi connectivity index (χ0n) is 10.4. The molecule has 0 aliphatic heterocycles. The van der Waals surface area contributed by atoms with E-state index in [4.69, 9.17) is 5.84 Å². The van der Waals surface area contributed by atoms with Crippen molar-refractivity contribution < 1.29 is 13.2 Å². The lowest BCUT2D eigenvalue weighted by molar-refractivity contribution is 0.531. The molecule has 3 N–H and O–H groups in total. The largest absolute Gasteiger partial charge is 0.271 e. The second-order valence-corrected chi connectivity index (χ2v) is 5.19. The molecule has 0 saturated carbocycles. The Kier molecular flexibility index (Phi) is 5.05. The lowest BCUT2D eigenvalue weighted by Crippen LogP contribution is -2.30. The fraction of sp³-hybridized carbons (Fsp3) is 0.143.